The maximum atomic E-state index is 11.4. The Hall–Kier alpha value is -3.69. The summed E-state index contributed by atoms with van der Waals surface area (Å²) in [4.78, 5) is 22.9. The first kappa shape index (κ1) is 29.8. The first-order valence-corrected chi connectivity index (χ1v) is 14.3. The Kier molecular flexibility index (Phi) is 9.28. The van der Waals surface area contributed by atoms with Crippen molar-refractivity contribution in [1.82, 2.24) is 20.2 Å². The van der Waals surface area contributed by atoms with E-state index in [4.69, 9.17) is 37.7 Å². The fourth-order valence-electron chi connectivity index (χ4n) is 5.35. The molecular formula is C32H32Cl2N4O4. The van der Waals surface area contributed by atoms with E-state index < -0.39 is 5.97 Å². The van der Waals surface area contributed by atoms with Gasteiger partial charge >= 0.3 is 5.97 Å². The molecule has 4 aromatic rings. The van der Waals surface area contributed by atoms with Crippen molar-refractivity contribution < 1.29 is 19.4 Å². The van der Waals surface area contributed by atoms with Crippen LogP contribution in [0.5, 0.6) is 11.6 Å². The van der Waals surface area contributed by atoms with Crippen LogP contribution in [0.4, 0.5) is 0 Å². The van der Waals surface area contributed by atoms with E-state index in [1.165, 1.54) is 0 Å². The minimum atomic E-state index is -0.750. The molecule has 42 heavy (non-hydrogen) atoms. The SMILES string of the molecule is CNCc1ccc(-c2cccc(-c3ccnc(-c4cc(CN5CC[C@@H](C(=O)O)C5)cc(OC)c4)c3Cl)c2Cl)nc1OC. The van der Waals surface area contributed by atoms with E-state index in [9.17, 15) is 9.90 Å². The van der Waals surface area contributed by atoms with Gasteiger partial charge in [-0.25, -0.2) is 4.98 Å². The summed E-state index contributed by atoms with van der Waals surface area (Å²) in [6.45, 7) is 2.48. The molecule has 0 radical (unpaired) electrons. The Labute approximate surface area is 255 Å². The van der Waals surface area contributed by atoms with Crippen molar-refractivity contribution in [3.8, 4) is 45.3 Å². The van der Waals surface area contributed by atoms with Gasteiger partial charge in [-0.1, -0.05) is 47.5 Å². The lowest BCUT2D eigenvalue weighted by atomic mass is 9.99. The molecule has 5 rings (SSSR count). The molecule has 0 unspecified atom stereocenters. The number of nitrogens with one attached hydrogen (secondary N) is 1. The molecule has 0 aliphatic carbocycles. The van der Waals surface area contributed by atoms with Gasteiger partial charge in [-0.2, -0.15) is 0 Å². The fraction of sp³-hybridized carbons (Fsp3) is 0.281. The Morgan fingerprint density at radius 3 is 2.55 bits per heavy atom. The number of hydrogen-bond donors (Lipinski definition) is 2. The van der Waals surface area contributed by atoms with Crippen LogP contribution in [0, 0.1) is 5.92 Å². The van der Waals surface area contributed by atoms with Crippen molar-refractivity contribution in [1.29, 1.82) is 0 Å². The van der Waals surface area contributed by atoms with Crippen LogP contribution in [0.25, 0.3) is 33.6 Å². The van der Waals surface area contributed by atoms with Crippen LogP contribution in [-0.2, 0) is 17.9 Å². The van der Waals surface area contributed by atoms with E-state index >= 15 is 0 Å². The maximum Gasteiger partial charge on any atom is 0.307 e. The Balaban J connectivity index is 1.50. The van der Waals surface area contributed by atoms with Gasteiger partial charge in [0, 0.05) is 53.6 Å². The number of halogens is 2. The third kappa shape index (κ3) is 6.22. The van der Waals surface area contributed by atoms with Gasteiger partial charge in [0.1, 0.15) is 5.75 Å². The largest absolute Gasteiger partial charge is 0.497 e. The third-order valence-corrected chi connectivity index (χ3v) is 8.25. The molecule has 2 aromatic heterocycles. The number of likely N-dealkylation sites (tertiary alicyclic amines) is 1. The molecule has 0 amide bonds. The zero-order chi connectivity index (χ0) is 29.8. The van der Waals surface area contributed by atoms with Crippen LogP contribution < -0.4 is 14.8 Å². The molecule has 2 aromatic carbocycles. The number of methoxy groups -OCH3 is 2. The number of nitrogens with zero attached hydrogens (tertiary/aromatic N) is 3. The van der Waals surface area contributed by atoms with E-state index in [2.05, 4.69) is 15.2 Å². The number of aliphatic carboxylic acids is 1. The molecule has 8 nitrogen and oxygen atoms in total. The van der Waals surface area contributed by atoms with Crippen LogP contribution in [0.2, 0.25) is 10.0 Å². The minimum Gasteiger partial charge on any atom is -0.497 e. The highest BCUT2D eigenvalue weighted by Gasteiger charge is 2.28. The van der Waals surface area contributed by atoms with E-state index in [0.717, 1.165) is 39.9 Å². The molecule has 3 heterocycles. The first-order chi connectivity index (χ1) is 20.3. The second kappa shape index (κ2) is 13.1. The number of carbonyl (C=O) groups is 1. The third-order valence-electron chi connectivity index (χ3n) is 7.46. The Bertz CT molecular complexity index is 1610. The van der Waals surface area contributed by atoms with Crippen LogP contribution in [-0.4, -0.2) is 60.3 Å². The lowest BCUT2D eigenvalue weighted by Crippen LogP contribution is -2.22. The predicted octanol–water partition coefficient (Wildman–Crippen LogP) is 6.43. The Morgan fingerprint density at radius 1 is 1.05 bits per heavy atom. The van der Waals surface area contributed by atoms with Crippen molar-refractivity contribution in [3.05, 3.63) is 82.0 Å². The number of carboxylic acids is 1. The van der Waals surface area contributed by atoms with Gasteiger partial charge in [-0.15, -0.1) is 0 Å². The number of carboxylic acid groups (broad SMARTS) is 1. The number of ether oxygens (including phenoxy) is 2. The Morgan fingerprint density at radius 2 is 1.83 bits per heavy atom. The summed E-state index contributed by atoms with van der Waals surface area (Å²) in [6.07, 6.45) is 2.36. The summed E-state index contributed by atoms with van der Waals surface area (Å²) < 4.78 is 11.1. The molecule has 0 bridgehead atoms. The lowest BCUT2D eigenvalue weighted by molar-refractivity contribution is -0.141. The lowest BCUT2D eigenvalue weighted by Gasteiger charge is -2.18. The monoisotopic (exact) mass is 606 g/mol. The number of benzene rings is 2. The predicted molar refractivity (Wildman–Crippen MR) is 165 cm³/mol. The number of hydrogen-bond acceptors (Lipinski definition) is 7. The van der Waals surface area contributed by atoms with Gasteiger partial charge in [-0.3, -0.25) is 14.7 Å². The molecule has 0 saturated carbocycles. The molecule has 1 saturated heterocycles. The highest BCUT2D eigenvalue weighted by atomic mass is 35.5. The van der Waals surface area contributed by atoms with Crippen molar-refractivity contribution >= 4 is 29.2 Å². The molecule has 1 fully saturated rings. The van der Waals surface area contributed by atoms with Gasteiger partial charge in [0.15, 0.2) is 0 Å². The number of pyridine rings is 2. The average molecular weight is 608 g/mol. The summed E-state index contributed by atoms with van der Waals surface area (Å²) in [5.74, 6) is 0.112. The summed E-state index contributed by atoms with van der Waals surface area (Å²) in [5.41, 5.74) is 6.26. The molecule has 2 N–H and O–H groups in total. The molecule has 218 valence electrons. The van der Waals surface area contributed by atoms with Crippen LogP contribution in [0.15, 0.2) is 60.8 Å². The van der Waals surface area contributed by atoms with Crippen LogP contribution in [0.3, 0.4) is 0 Å². The summed E-state index contributed by atoms with van der Waals surface area (Å²) in [6, 6.07) is 17.4. The van der Waals surface area contributed by atoms with Crippen molar-refractivity contribution in [2.45, 2.75) is 19.5 Å². The topological polar surface area (TPSA) is 96.8 Å². The zero-order valence-electron chi connectivity index (χ0n) is 23.7. The van der Waals surface area contributed by atoms with Gasteiger partial charge < -0.3 is 19.9 Å². The van der Waals surface area contributed by atoms with Crippen molar-refractivity contribution in [3.63, 3.8) is 0 Å². The van der Waals surface area contributed by atoms with Gasteiger partial charge in [-0.05, 0) is 55.9 Å². The number of rotatable bonds is 10. The second-order valence-corrected chi connectivity index (χ2v) is 11.0. The van der Waals surface area contributed by atoms with Crippen LogP contribution in [0.1, 0.15) is 17.5 Å². The molecule has 1 atom stereocenters. The molecule has 10 heteroatoms. The molecular weight excluding hydrogens is 575 g/mol. The molecule has 1 aliphatic rings. The van der Waals surface area contributed by atoms with Crippen molar-refractivity contribution in [2.75, 3.05) is 34.4 Å². The average Bonchev–Trinajstić information content (AvgIpc) is 3.47. The second-order valence-electron chi connectivity index (χ2n) is 10.2. The summed E-state index contributed by atoms with van der Waals surface area (Å²) in [5, 5.41) is 13.5. The standard InChI is InChI=1S/C32H32Cl2N4O4/c1-35-16-20-7-8-27(37-31(20)42-3)26-6-4-5-24(28(26)33)25-9-11-36-30(29(25)34)22-13-19(14-23(15-22)41-2)17-38-12-10-21(18-38)32(39)40/h4-9,11,13-15,21,35H,10,12,16-18H2,1-3H3,(H,39,40)/t21-/m1/s1. The van der Waals surface area contributed by atoms with E-state index in [-0.39, 0.29) is 5.92 Å². The summed E-state index contributed by atoms with van der Waals surface area (Å²) in [7, 11) is 5.09. The molecule has 0 spiro atoms. The number of aromatic nitrogens is 2. The van der Waals surface area contributed by atoms with Gasteiger partial charge in [0.25, 0.3) is 0 Å². The van der Waals surface area contributed by atoms with E-state index in [0.29, 0.717) is 59.1 Å². The highest BCUT2D eigenvalue weighted by molar-refractivity contribution is 6.39. The zero-order valence-corrected chi connectivity index (χ0v) is 25.2. The van der Waals surface area contributed by atoms with Gasteiger partial charge in [0.05, 0.1) is 41.6 Å². The first-order valence-electron chi connectivity index (χ1n) is 13.6. The van der Waals surface area contributed by atoms with E-state index in [1.54, 1.807) is 20.4 Å². The van der Waals surface area contributed by atoms with E-state index in [1.807, 2.05) is 61.6 Å². The smallest absolute Gasteiger partial charge is 0.307 e. The van der Waals surface area contributed by atoms with Crippen molar-refractivity contribution in [2.24, 2.45) is 5.92 Å². The van der Waals surface area contributed by atoms with Crippen LogP contribution >= 0.6 is 23.2 Å². The normalized spacial score (nSPS) is 15.1. The highest BCUT2D eigenvalue weighted by Crippen LogP contribution is 2.42. The van der Waals surface area contributed by atoms with Gasteiger partial charge in [0.2, 0.25) is 5.88 Å². The summed E-state index contributed by atoms with van der Waals surface area (Å²) >= 11 is 14.1. The fourth-order valence-corrected chi connectivity index (χ4v) is 6.00. The quantitative estimate of drug-likeness (QED) is 0.213. The molecule has 1 aliphatic heterocycles. The maximum absolute atomic E-state index is 11.4. The minimum absolute atomic E-state index is 0.342.